The van der Waals surface area contributed by atoms with Crippen LogP contribution in [0, 0.1) is 0 Å². The molecule has 1 aliphatic heterocycles. The van der Waals surface area contributed by atoms with Crippen molar-refractivity contribution in [2.45, 2.75) is 0 Å². The molecule has 0 spiro atoms. The molecule has 0 aromatic rings. The molecule has 1 heterocycles. The fourth-order valence-corrected chi connectivity index (χ4v) is 0.382. The average molecular weight is 154 g/mol. The summed E-state index contributed by atoms with van der Waals surface area (Å²) in [5.41, 5.74) is 0. The Morgan fingerprint density at radius 1 is 0.600 bits per heavy atom. The fraction of sp³-hybridized carbons (Fsp3) is 0. The molecule has 0 fully saturated rings. The Kier molecular flexibility index (Phi) is 13.2. The number of rotatable bonds is 0. The summed E-state index contributed by atoms with van der Waals surface area (Å²) in [5.74, 6) is 0. The van der Waals surface area contributed by atoms with Crippen LogP contribution < -0.4 is 0 Å². The first-order chi connectivity index (χ1) is 4.00. The van der Waals surface area contributed by atoms with Gasteiger partial charge in [0.05, 0.1) is 0 Å². The first-order valence-corrected chi connectivity index (χ1v) is 2.38. The van der Waals surface area contributed by atoms with Gasteiger partial charge in [0.25, 0.3) is 0 Å². The van der Waals surface area contributed by atoms with Crippen LogP contribution in [-0.2, 0) is 0 Å². The Morgan fingerprint density at radius 3 is 1.40 bits per heavy atom. The summed E-state index contributed by atoms with van der Waals surface area (Å²) in [5, 5.41) is 7.27. The van der Waals surface area contributed by atoms with Crippen LogP contribution >= 0.6 is 0 Å². The van der Waals surface area contributed by atoms with Crippen molar-refractivity contribution in [2.24, 2.45) is 10.2 Å². The first-order valence-electron chi connectivity index (χ1n) is 2.38. The maximum atomic E-state index is 3.64. The second-order valence-corrected chi connectivity index (χ2v) is 1.30. The minimum atomic E-state index is 0. The summed E-state index contributed by atoms with van der Waals surface area (Å²) >= 11 is 0. The van der Waals surface area contributed by atoms with E-state index < -0.39 is 0 Å². The topological polar surface area (TPSA) is 24.7 Å². The Hall–Kier alpha value is 0.820. The van der Waals surface area contributed by atoms with Crippen molar-refractivity contribution in [3.63, 3.8) is 0 Å². The molecule has 0 saturated heterocycles. The van der Waals surface area contributed by atoms with Gasteiger partial charge in [-0.3, -0.25) is 0 Å². The van der Waals surface area contributed by atoms with E-state index in [2.05, 4.69) is 10.2 Å². The zero-order chi connectivity index (χ0) is 5.66. The fourth-order valence-electron chi connectivity index (χ4n) is 0.382. The monoisotopic (exact) mass is 154 g/mol. The van der Waals surface area contributed by atoms with E-state index in [-0.39, 0.29) is 59.1 Å². The third kappa shape index (κ3) is 6.93. The second-order valence-electron chi connectivity index (χ2n) is 1.30. The SMILES string of the molecule is C1=CC=CN=NC=C1.[NaH].[NaH]. The third-order valence-electron chi connectivity index (χ3n) is 0.705. The van der Waals surface area contributed by atoms with Crippen molar-refractivity contribution in [3.05, 3.63) is 36.7 Å². The van der Waals surface area contributed by atoms with Crippen LogP contribution in [0.1, 0.15) is 0 Å². The summed E-state index contributed by atoms with van der Waals surface area (Å²) in [6.07, 6.45) is 10.7. The Balaban J connectivity index is 0. The van der Waals surface area contributed by atoms with E-state index in [9.17, 15) is 0 Å². The van der Waals surface area contributed by atoms with Crippen LogP contribution in [0.2, 0.25) is 0 Å². The van der Waals surface area contributed by atoms with Crippen LogP contribution in [0.5, 0.6) is 0 Å². The van der Waals surface area contributed by atoms with Gasteiger partial charge in [-0.25, -0.2) is 0 Å². The molecule has 0 radical (unpaired) electrons. The number of allylic oxidation sites excluding steroid dienone is 4. The van der Waals surface area contributed by atoms with E-state index in [4.69, 9.17) is 0 Å². The quantitative estimate of drug-likeness (QED) is 0.460. The molecule has 0 aromatic heterocycles. The van der Waals surface area contributed by atoms with Crippen LogP contribution in [0.25, 0.3) is 0 Å². The van der Waals surface area contributed by atoms with Gasteiger partial charge in [-0.15, -0.1) is 0 Å². The van der Waals surface area contributed by atoms with Crippen molar-refractivity contribution in [1.29, 1.82) is 0 Å². The zero-order valence-corrected chi connectivity index (χ0v) is 4.36. The third-order valence-corrected chi connectivity index (χ3v) is 0.705. The van der Waals surface area contributed by atoms with E-state index in [1.165, 1.54) is 0 Å². The molecule has 2 nitrogen and oxygen atoms in total. The molecule has 0 unspecified atom stereocenters. The number of hydrogen-bond acceptors (Lipinski definition) is 2. The van der Waals surface area contributed by atoms with Crippen molar-refractivity contribution in [3.8, 4) is 0 Å². The van der Waals surface area contributed by atoms with Crippen molar-refractivity contribution < 1.29 is 0 Å². The van der Waals surface area contributed by atoms with E-state index in [0.717, 1.165) is 0 Å². The number of hydrogen-bond donors (Lipinski definition) is 0. The molecule has 0 aromatic carbocycles. The molecule has 10 heavy (non-hydrogen) atoms. The van der Waals surface area contributed by atoms with Crippen LogP contribution in [0.3, 0.4) is 0 Å². The molecule has 0 saturated carbocycles. The first kappa shape index (κ1) is 13.4. The zero-order valence-electron chi connectivity index (χ0n) is 4.36. The predicted molar refractivity (Wildman–Crippen MR) is 46.6 cm³/mol. The van der Waals surface area contributed by atoms with Crippen molar-refractivity contribution in [2.75, 3.05) is 0 Å². The van der Waals surface area contributed by atoms with E-state index in [1.54, 1.807) is 12.4 Å². The Labute approximate surface area is 105 Å². The molecular weight excluding hydrogens is 146 g/mol. The summed E-state index contributed by atoms with van der Waals surface area (Å²) in [6, 6.07) is 0. The second kappa shape index (κ2) is 9.82. The summed E-state index contributed by atoms with van der Waals surface area (Å²) < 4.78 is 0. The van der Waals surface area contributed by atoms with Gasteiger partial charge < -0.3 is 0 Å². The molecule has 1 rings (SSSR count). The molecule has 0 bridgehead atoms. The van der Waals surface area contributed by atoms with Crippen molar-refractivity contribution >= 4 is 59.1 Å². The number of azo groups is 1. The van der Waals surface area contributed by atoms with Gasteiger partial charge in [0.15, 0.2) is 0 Å². The van der Waals surface area contributed by atoms with E-state index >= 15 is 0 Å². The summed E-state index contributed by atoms with van der Waals surface area (Å²) in [6.45, 7) is 0. The van der Waals surface area contributed by atoms with Gasteiger partial charge in [-0.05, 0) is 12.2 Å². The molecular formula is C6H8N2Na2. The standard InChI is InChI=1S/C6H6N2.2Na.2H/c1-2-4-6-8-7-5-3-1;;;;/h1-6H;;;;. The normalized spacial score (nSPS) is 12.8. The molecule has 0 amide bonds. The minimum absolute atomic E-state index is 0. The Bertz CT molecular complexity index is 115. The maximum absolute atomic E-state index is 3.64. The number of nitrogens with zero attached hydrogens (tertiary/aromatic N) is 2. The molecule has 4 heteroatoms. The predicted octanol–water partition coefficient (Wildman–Crippen LogP) is 0.739. The molecule has 44 valence electrons. The molecule has 0 aliphatic carbocycles. The average Bonchev–Trinajstić information content (AvgIpc) is 1.62. The van der Waals surface area contributed by atoms with Gasteiger partial charge >= 0.3 is 59.1 Å². The van der Waals surface area contributed by atoms with E-state index in [0.29, 0.717) is 0 Å². The van der Waals surface area contributed by atoms with Gasteiger partial charge in [0, 0.05) is 12.4 Å². The molecule has 0 atom stereocenters. The van der Waals surface area contributed by atoms with Crippen LogP contribution in [0.15, 0.2) is 46.9 Å². The summed E-state index contributed by atoms with van der Waals surface area (Å²) in [4.78, 5) is 0. The summed E-state index contributed by atoms with van der Waals surface area (Å²) in [7, 11) is 0. The van der Waals surface area contributed by atoms with Crippen molar-refractivity contribution in [1.82, 2.24) is 0 Å². The van der Waals surface area contributed by atoms with Crippen LogP contribution in [0.4, 0.5) is 0 Å². The molecule has 1 aliphatic rings. The Morgan fingerprint density at radius 2 is 1.00 bits per heavy atom. The van der Waals surface area contributed by atoms with Gasteiger partial charge in [0.2, 0.25) is 0 Å². The van der Waals surface area contributed by atoms with Gasteiger partial charge in [-0.1, -0.05) is 12.2 Å². The van der Waals surface area contributed by atoms with Crippen LogP contribution in [-0.4, -0.2) is 59.1 Å². The van der Waals surface area contributed by atoms with E-state index in [1.807, 2.05) is 24.3 Å². The van der Waals surface area contributed by atoms with Gasteiger partial charge in [-0.2, -0.15) is 10.2 Å². The molecule has 0 N–H and O–H groups in total. The van der Waals surface area contributed by atoms with Gasteiger partial charge in [0.1, 0.15) is 0 Å².